The van der Waals surface area contributed by atoms with Gasteiger partial charge >= 0.3 is 5.97 Å². The molecule has 4 rings (SSSR count). The fraction of sp³-hybridized carbons (Fsp3) is 0.150. The van der Waals surface area contributed by atoms with Crippen molar-refractivity contribution in [2.75, 3.05) is 6.61 Å². The molecule has 4 aromatic rings. The summed E-state index contributed by atoms with van der Waals surface area (Å²) in [5, 5.41) is 2.26. The molecule has 0 aliphatic heterocycles. The molecular weight excluding hydrogens is 366 g/mol. The van der Waals surface area contributed by atoms with Crippen LogP contribution in [-0.2, 0) is 4.74 Å². The molecule has 0 spiro atoms. The highest BCUT2D eigenvalue weighted by molar-refractivity contribution is 6.30. The number of H-pyrrole nitrogens is 1. The van der Waals surface area contributed by atoms with E-state index in [1.165, 1.54) is 6.20 Å². The van der Waals surface area contributed by atoms with E-state index in [0.717, 1.165) is 27.4 Å². The normalized spacial score (nSPS) is 11.1. The number of nitrogens with one attached hydrogen (secondary N) is 1. The average Bonchev–Trinajstić information content (AvgIpc) is 3.04. The van der Waals surface area contributed by atoms with Crippen LogP contribution in [0.5, 0.6) is 11.6 Å². The largest absolute Gasteiger partial charge is 0.461 e. The van der Waals surface area contributed by atoms with E-state index in [-0.39, 0.29) is 0 Å². The summed E-state index contributed by atoms with van der Waals surface area (Å²) in [6.45, 7) is 3.91. The van der Waals surface area contributed by atoms with Crippen molar-refractivity contribution in [2.45, 2.75) is 13.8 Å². The summed E-state index contributed by atoms with van der Waals surface area (Å²) in [4.78, 5) is 24.0. The van der Waals surface area contributed by atoms with Crippen molar-refractivity contribution in [3.63, 3.8) is 0 Å². The minimum absolute atomic E-state index is 0.294. The van der Waals surface area contributed by atoms with Crippen LogP contribution in [0.1, 0.15) is 23.0 Å². The van der Waals surface area contributed by atoms with Crippen LogP contribution >= 0.6 is 11.6 Å². The molecule has 27 heavy (non-hydrogen) atoms. The lowest BCUT2D eigenvalue weighted by molar-refractivity contribution is 0.0519. The number of nitrogens with zero attached hydrogens (tertiary/aromatic N) is 2. The first-order chi connectivity index (χ1) is 13.1. The number of esters is 1. The minimum Gasteiger partial charge on any atom is -0.461 e. The van der Waals surface area contributed by atoms with Gasteiger partial charge in [0.15, 0.2) is 5.69 Å². The number of hydrogen-bond donors (Lipinski definition) is 1. The number of aromatic nitrogens is 3. The van der Waals surface area contributed by atoms with Gasteiger partial charge in [-0.3, -0.25) is 0 Å². The van der Waals surface area contributed by atoms with Crippen molar-refractivity contribution in [2.24, 2.45) is 0 Å². The molecule has 0 unspecified atom stereocenters. The first kappa shape index (κ1) is 17.3. The van der Waals surface area contributed by atoms with Crippen molar-refractivity contribution < 1.29 is 14.3 Å². The number of aromatic amines is 1. The molecule has 136 valence electrons. The highest BCUT2D eigenvalue weighted by Crippen LogP contribution is 2.37. The van der Waals surface area contributed by atoms with E-state index < -0.39 is 5.97 Å². The summed E-state index contributed by atoms with van der Waals surface area (Å²) < 4.78 is 11.1. The lowest BCUT2D eigenvalue weighted by atomic mass is 10.1. The second-order valence-corrected chi connectivity index (χ2v) is 6.40. The maximum Gasteiger partial charge on any atom is 0.357 e. The van der Waals surface area contributed by atoms with Gasteiger partial charge in [-0.25, -0.2) is 14.8 Å². The third-order valence-corrected chi connectivity index (χ3v) is 4.47. The first-order valence-electron chi connectivity index (χ1n) is 8.45. The summed E-state index contributed by atoms with van der Waals surface area (Å²) >= 11 is 5.89. The van der Waals surface area contributed by atoms with Gasteiger partial charge in [-0.2, -0.15) is 0 Å². The predicted octanol–water partition coefficient (Wildman–Crippen LogP) is 5.04. The Morgan fingerprint density at radius 2 is 1.96 bits per heavy atom. The lowest BCUT2D eigenvalue weighted by Crippen LogP contribution is -2.09. The molecule has 3 heterocycles. The summed E-state index contributed by atoms with van der Waals surface area (Å²) in [6, 6.07) is 9.11. The monoisotopic (exact) mass is 381 g/mol. The molecular formula is C20H16ClN3O3. The Kier molecular flexibility index (Phi) is 4.41. The van der Waals surface area contributed by atoms with Crippen LogP contribution in [-0.4, -0.2) is 27.5 Å². The van der Waals surface area contributed by atoms with Gasteiger partial charge < -0.3 is 14.5 Å². The third kappa shape index (κ3) is 3.08. The standard InChI is InChI=1S/C20H16ClN3O3/c1-3-26-20(25)19-11(2)17-14(10-23-19)24-13-5-4-6-15(18(13)17)27-16-8-7-12(21)9-22-16/h4-10,24H,3H2,1-2H3. The van der Waals surface area contributed by atoms with Crippen molar-refractivity contribution in [3.05, 3.63) is 59.0 Å². The maximum absolute atomic E-state index is 12.2. The second-order valence-electron chi connectivity index (χ2n) is 5.96. The molecule has 0 atom stereocenters. The lowest BCUT2D eigenvalue weighted by Gasteiger charge is -2.09. The molecule has 1 aromatic carbocycles. The van der Waals surface area contributed by atoms with E-state index >= 15 is 0 Å². The summed E-state index contributed by atoms with van der Waals surface area (Å²) in [5.74, 6) is 0.611. The van der Waals surface area contributed by atoms with Crippen LogP contribution in [0.4, 0.5) is 0 Å². The third-order valence-electron chi connectivity index (χ3n) is 4.25. The van der Waals surface area contributed by atoms with Crippen LogP contribution in [0.15, 0.2) is 42.7 Å². The summed E-state index contributed by atoms with van der Waals surface area (Å²) in [7, 11) is 0. The summed E-state index contributed by atoms with van der Waals surface area (Å²) in [5.41, 5.74) is 2.72. The highest BCUT2D eigenvalue weighted by Gasteiger charge is 2.19. The number of benzene rings is 1. The van der Waals surface area contributed by atoms with E-state index in [0.29, 0.717) is 29.0 Å². The number of hydrogen-bond acceptors (Lipinski definition) is 5. The molecule has 6 nitrogen and oxygen atoms in total. The molecule has 7 heteroatoms. The average molecular weight is 382 g/mol. The Morgan fingerprint density at radius 3 is 2.70 bits per heavy atom. The molecule has 0 aliphatic carbocycles. The van der Waals surface area contributed by atoms with Crippen molar-refractivity contribution in [1.82, 2.24) is 15.0 Å². The van der Waals surface area contributed by atoms with Gasteiger partial charge in [-0.15, -0.1) is 0 Å². The van der Waals surface area contributed by atoms with Gasteiger partial charge in [0.25, 0.3) is 0 Å². The fourth-order valence-corrected chi connectivity index (χ4v) is 3.20. The zero-order valence-electron chi connectivity index (χ0n) is 14.7. The van der Waals surface area contributed by atoms with Crippen LogP contribution in [0.3, 0.4) is 0 Å². The smallest absolute Gasteiger partial charge is 0.357 e. The van der Waals surface area contributed by atoms with Crippen molar-refractivity contribution in [3.8, 4) is 11.6 Å². The van der Waals surface area contributed by atoms with Crippen molar-refractivity contribution >= 4 is 39.4 Å². The maximum atomic E-state index is 12.2. The molecule has 3 aromatic heterocycles. The van der Waals surface area contributed by atoms with Gasteiger partial charge in [0.1, 0.15) is 5.75 Å². The number of pyridine rings is 2. The van der Waals surface area contributed by atoms with Crippen LogP contribution in [0.25, 0.3) is 21.8 Å². The zero-order chi connectivity index (χ0) is 19.0. The molecule has 0 saturated carbocycles. The molecule has 0 bridgehead atoms. The number of carbonyl (C=O) groups excluding carboxylic acids is 1. The molecule has 0 amide bonds. The van der Waals surface area contributed by atoms with Crippen molar-refractivity contribution in [1.29, 1.82) is 0 Å². The first-order valence-corrected chi connectivity index (χ1v) is 8.82. The zero-order valence-corrected chi connectivity index (χ0v) is 15.5. The molecule has 0 radical (unpaired) electrons. The number of ether oxygens (including phenoxy) is 2. The molecule has 0 aliphatic rings. The minimum atomic E-state index is -0.441. The number of carbonyl (C=O) groups is 1. The Hall–Kier alpha value is -3.12. The van der Waals surface area contributed by atoms with Gasteiger partial charge in [-0.05, 0) is 37.6 Å². The number of halogens is 1. The van der Waals surface area contributed by atoms with Gasteiger partial charge in [0.05, 0.1) is 34.2 Å². The Bertz CT molecular complexity index is 1150. The number of rotatable bonds is 4. The van der Waals surface area contributed by atoms with Crippen LogP contribution in [0.2, 0.25) is 5.02 Å². The van der Waals surface area contributed by atoms with E-state index in [9.17, 15) is 4.79 Å². The highest BCUT2D eigenvalue weighted by atomic mass is 35.5. The Labute approximate surface area is 160 Å². The van der Waals surface area contributed by atoms with Gasteiger partial charge in [0, 0.05) is 17.6 Å². The number of aryl methyl sites for hydroxylation is 1. The van der Waals surface area contributed by atoms with E-state index in [2.05, 4.69) is 15.0 Å². The Morgan fingerprint density at radius 1 is 1.11 bits per heavy atom. The predicted molar refractivity (Wildman–Crippen MR) is 104 cm³/mol. The van der Waals surface area contributed by atoms with Gasteiger partial charge in [-0.1, -0.05) is 17.7 Å². The van der Waals surface area contributed by atoms with E-state index in [1.54, 1.807) is 25.3 Å². The fourth-order valence-electron chi connectivity index (χ4n) is 3.09. The van der Waals surface area contributed by atoms with E-state index in [1.807, 2.05) is 25.1 Å². The molecule has 0 fully saturated rings. The molecule has 1 N–H and O–H groups in total. The number of fused-ring (bicyclic) bond motifs is 3. The topological polar surface area (TPSA) is 77.1 Å². The Balaban J connectivity index is 1.91. The quantitative estimate of drug-likeness (QED) is 0.501. The SMILES string of the molecule is CCOC(=O)c1ncc2[nH]c3cccc(Oc4ccc(Cl)cn4)c3c2c1C. The van der Waals surface area contributed by atoms with Crippen LogP contribution in [0, 0.1) is 6.92 Å². The second kappa shape index (κ2) is 6.89. The molecule has 0 saturated heterocycles. The summed E-state index contributed by atoms with van der Waals surface area (Å²) in [6.07, 6.45) is 3.17. The van der Waals surface area contributed by atoms with E-state index in [4.69, 9.17) is 21.1 Å². The van der Waals surface area contributed by atoms with Gasteiger partial charge in [0.2, 0.25) is 5.88 Å². The van der Waals surface area contributed by atoms with Crippen LogP contribution < -0.4 is 4.74 Å².